The van der Waals surface area contributed by atoms with Crippen LogP contribution in [0.2, 0.25) is 0 Å². The van der Waals surface area contributed by atoms with Crippen LogP contribution in [-0.4, -0.2) is 34.2 Å². The third kappa shape index (κ3) is 9.59. The third-order valence-electron chi connectivity index (χ3n) is 5.76. The van der Waals surface area contributed by atoms with Crippen molar-refractivity contribution in [1.82, 2.24) is 9.97 Å². The Hall–Kier alpha value is -3.20. The summed E-state index contributed by atoms with van der Waals surface area (Å²) in [7, 11) is 0. The number of benzene rings is 2. The molecule has 0 atom stereocenters. The molecule has 8 nitrogen and oxygen atoms in total. The Bertz CT molecular complexity index is 1240. The molecule has 0 aliphatic heterocycles. The van der Waals surface area contributed by atoms with E-state index >= 15 is 0 Å². The first-order valence-electron chi connectivity index (χ1n) is 13.0. The van der Waals surface area contributed by atoms with E-state index in [9.17, 15) is 9.59 Å². The summed E-state index contributed by atoms with van der Waals surface area (Å²) < 4.78 is 12.3. The molecule has 1 heterocycles. The van der Waals surface area contributed by atoms with Crippen molar-refractivity contribution in [3.8, 4) is 5.75 Å². The molecule has 0 aliphatic rings. The van der Waals surface area contributed by atoms with Gasteiger partial charge in [0, 0.05) is 22.0 Å². The summed E-state index contributed by atoms with van der Waals surface area (Å²) >= 11 is 3.54. The first-order valence-corrected chi connectivity index (χ1v) is 13.8. The van der Waals surface area contributed by atoms with Crippen LogP contribution < -0.4 is 15.4 Å². The molecule has 0 aliphatic carbocycles. The van der Waals surface area contributed by atoms with E-state index in [1.165, 1.54) is 0 Å². The summed E-state index contributed by atoms with van der Waals surface area (Å²) in [4.78, 5) is 33.2. The lowest BCUT2D eigenvalue weighted by atomic mass is 10.1. The molecule has 0 radical (unpaired) electrons. The summed E-state index contributed by atoms with van der Waals surface area (Å²) in [5.41, 5.74) is 2.23. The average Bonchev–Trinajstić information content (AvgIpc) is 2.83. The number of amides is 2. The molecule has 2 aromatic carbocycles. The number of ether oxygens (including phenoxy) is 2. The number of fused-ring (bicyclic) bond motifs is 1. The number of hydrogen-bond donors (Lipinski definition) is 2. The summed E-state index contributed by atoms with van der Waals surface area (Å²) in [5, 5.41) is 6.59. The molecule has 2 amide bonds. The number of anilines is 2. The van der Waals surface area contributed by atoms with Crippen LogP contribution in [-0.2, 0) is 9.53 Å². The summed E-state index contributed by atoms with van der Waals surface area (Å²) in [5.74, 6) is 0.700. The van der Waals surface area contributed by atoms with Gasteiger partial charge >= 0.3 is 6.09 Å². The van der Waals surface area contributed by atoms with Crippen LogP contribution in [0, 0.1) is 6.92 Å². The Labute approximate surface area is 233 Å². The summed E-state index contributed by atoms with van der Waals surface area (Å²) in [6.07, 6.45) is 7.42. The van der Waals surface area contributed by atoms with E-state index in [0.717, 1.165) is 65.3 Å². The summed E-state index contributed by atoms with van der Waals surface area (Å²) in [6.45, 7) is 8.00. The Morgan fingerprint density at radius 1 is 0.921 bits per heavy atom. The maximum absolute atomic E-state index is 12.4. The molecule has 2 N–H and O–H groups in total. The van der Waals surface area contributed by atoms with Gasteiger partial charge in [0.25, 0.3) is 0 Å². The van der Waals surface area contributed by atoms with Crippen molar-refractivity contribution >= 4 is 50.2 Å². The molecule has 0 bridgehead atoms. The fourth-order valence-corrected chi connectivity index (χ4v) is 4.38. The number of para-hydroxylation sites is 2. The normalized spacial score (nSPS) is 11.3. The molecule has 3 rings (SSSR count). The van der Waals surface area contributed by atoms with E-state index in [1.54, 1.807) is 45.3 Å². The molecular formula is C29H37BrN4O4. The molecule has 0 spiro atoms. The van der Waals surface area contributed by atoms with Crippen LogP contribution in [0.1, 0.15) is 71.4 Å². The minimum atomic E-state index is -0.599. The Kier molecular flexibility index (Phi) is 10.9. The number of halogens is 1. The number of carbonyl (C=O) groups is 2. The number of aryl methyl sites for hydroxylation is 1. The van der Waals surface area contributed by atoms with Crippen molar-refractivity contribution in [2.75, 3.05) is 17.2 Å². The number of aromatic nitrogens is 2. The van der Waals surface area contributed by atoms with Gasteiger partial charge in [-0.1, -0.05) is 53.7 Å². The standard InChI is InChI=1S/C29H37BrN4O4/c1-20-22-17-21(30)18-25(27(22)32-19-31-20)37-16-12-8-6-5-7-9-15-26(35)33-23-13-10-11-14-24(23)34-28(36)38-29(2,3)4/h10-11,13-14,17-19H,5-9,12,15-16H2,1-4H3,(H,33,35)(H,34,36). The maximum Gasteiger partial charge on any atom is 0.412 e. The van der Waals surface area contributed by atoms with Gasteiger partial charge in [-0.3, -0.25) is 10.1 Å². The van der Waals surface area contributed by atoms with Crippen molar-refractivity contribution < 1.29 is 19.1 Å². The van der Waals surface area contributed by atoms with Crippen LogP contribution in [0.5, 0.6) is 5.75 Å². The van der Waals surface area contributed by atoms with Crippen molar-refractivity contribution in [3.05, 3.63) is 52.9 Å². The lowest BCUT2D eigenvalue weighted by Crippen LogP contribution is -2.27. The highest BCUT2D eigenvalue weighted by Gasteiger charge is 2.17. The Balaban J connectivity index is 1.31. The van der Waals surface area contributed by atoms with Gasteiger partial charge in [-0.05, 0) is 64.8 Å². The first-order chi connectivity index (χ1) is 18.1. The smallest absolute Gasteiger partial charge is 0.412 e. The van der Waals surface area contributed by atoms with Crippen LogP contribution >= 0.6 is 15.9 Å². The van der Waals surface area contributed by atoms with Crippen molar-refractivity contribution in [3.63, 3.8) is 0 Å². The monoisotopic (exact) mass is 584 g/mol. The number of carbonyl (C=O) groups excluding carboxylic acids is 2. The van der Waals surface area contributed by atoms with Gasteiger partial charge in [0.05, 0.1) is 18.0 Å². The fraction of sp³-hybridized carbons (Fsp3) is 0.448. The lowest BCUT2D eigenvalue weighted by Gasteiger charge is -2.20. The quantitative estimate of drug-likeness (QED) is 0.210. The number of nitrogens with one attached hydrogen (secondary N) is 2. The van der Waals surface area contributed by atoms with Gasteiger partial charge in [0.1, 0.15) is 23.2 Å². The van der Waals surface area contributed by atoms with E-state index in [1.807, 2.05) is 25.1 Å². The topological polar surface area (TPSA) is 102 Å². The largest absolute Gasteiger partial charge is 0.491 e. The number of unbranched alkanes of at least 4 members (excludes halogenated alkanes) is 5. The SMILES string of the molecule is Cc1ncnc2c(OCCCCCCCCC(=O)Nc3ccccc3NC(=O)OC(C)(C)C)cc(Br)cc12. The highest BCUT2D eigenvalue weighted by molar-refractivity contribution is 9.10. The average molecular weight is 586 g/mol. The molecule has 204 valence electrons. The van der Waals surface area contributed by atoms with Gasteiger partial charge in [-0.25, -0.2) is 14.8 Å². The second-order valence-electron chi connectivity index (χ2n) is 10.2. The van der Waals surface area contributed by atoms with Gasteiger partial charge in [0.15, 0.2) is 0 Å². The van der Waals surface area contributed by atoms with Crippen LogP contribution in [0.25, 0.3) is 10.9 Å². The molecular weight excluding hydrogens is 548 g/mol. The van der Waals surface area contributed by atoms with Crippen molar-refractivity contribution in [2.24, 2.45) is 0 Å². The molecule has 38 heavy (non-hydrogen) atoms. The predicted molar refractivity (Wildman–Crippen MR) is 155 cm³/mol. The van der Waals surface area contributed by atoms with E-state index < -0.39 is 11.7 Å². The van der Waals surface area contributed by atoms with Crippen molar-refractivity contribution in [1.29, 1.82) is 0 Å². The molecule has 0 unspecified atom stereocenters. The minimum Gasteiger partial charge on any atom is -0.491 e. The number of nitrogens with zero attached hydrogens (tertiary/aromatic N) is 2. The van der Waals surface area contributed by atoms with Gasteiger partial charge in [-0.15, -0.1) is 0 Å². The fourth-order valence-electron chi connectivity index (χ4n) is 3.94. The first kappa shape index (κ1) is 29.4. The second-order valence-corrected chi connectivity index (χ2v) is 11.1. The van der Waals surface area contributed by atoms with E-state index in [2.05, 4.69) is 36.5 Å². The van der Waals surface area contributed by atoms with Gasteiger partial charge in [-0.2, -0.15) is 0 Å². The molecule has 0 saturated carbocycles. The van der Waals surface area contributed by atoms with Crippen molar-refractivity contribution in [2.45, 2.75) is 78.2 Å². The maximum atomic E-state index is 12.4. The molecule has 9 heteroatoms. The Morgan fingerprint density at radius 2 is 1.58 bits per heavy atom. The zero-order valence-electron chi connectivity index (χ0n) is 22.6. The van der Waals surface area contributed by atoms with Crippen LogP contribution in [0.4, 0.5) is 16.2 Å². The van der Waals surface area contributed by atoms with Gasteiger partial charge in [0.2, 0.25) is 5.91 Å². The molecule has 0 saturated heterocycles. The van der Waals surface area contributed by atoms with E-state index in [-0.39, 0.29) is 5.91 Å². The van der Waals surface area contributed by atoms with E-state index in [0.29, 0.717) is 24.4 Å². The predicted octanol–water partition coefficient (Wildman–Crippen LogP) is 7.80. The van der Waals surface area contributed by atoms with Crippen LogP contribution in [0.15, 0.2) is 47.2 Å². The molecule has 1 aromatic heterocycles. The molecule has 3 aromatic rings. The van der Waals surface area contributed by atoms with E-state index in [4.69, 9.17) is 9.47 Å². The summed E-state index contributed by atoms with van der Waals surface area (Å²) in [6, 6.07) is 11.1. The lowest BCUT2D eigenvalue weighted by molar-refractivity contribution is -0.116. The molecule has 0 fully saturated rings. The number of hydrogen-bond acceptors (Lipinski definition) is 6. The van der Waals surface area contributed by atoms with Crippen LogP contribution in [0.3, 0.4) is 0 Å². The zero-order valence-corrected chi connectivity index (χ0v) is 24.2. The third-order valence-corrected chi connectivity index (χ3v) is 6.22. The second kappa shape index (κ2) is 14.1. The highest BCUT2D eigenvalue weighted by Crippen LogP contribution is 2.30. The number of rotatable bonds is 12. The van der Waals surface area contributed by atoms with Gasteiger partial charge < -0.3 is 14.8 Å². The Morgan fingerprint density at radius 3 is 2.29 bits per heavy atom. The highest BCUT2D eigenvalue weighted by atomic mass is 79.9. The minimum absolute atomic E-state index is 0.0721. The zero-order chi connectivity index (χ0) is 27.5.